The molecule has 9 rings (SSSR count). The largest absolute Gasteiger partial charge is 0.0654 e. The van der Waals surface area contributed by atoms with Crippen molar-refractivity contribution < 1.29 is 0 Å². The van der Waals surface area contributed by atoms with E-state index in [1.165, 1.54) is 96.4 Å². The molecule has 0 aliphatic heterocycles. The van der Waals surface area contributed by atoms with E-state index in [0.29, 0.717) is 29.6 Å². The Kier molecular flexibility index (Phi) is 9.03. The van der Waals surface area contributed by atoms with E-state index in [-0.39, 0.29) is 10.8 Å². The summed E-state index contributed by atoms with van der Waals surface area (Å²) in [5.41, 5.74) is 20.3. The summed E-state index contributed by atoms with van der Waals surface area (Å²) in [6, 6.07) is 27.2. The van der Waals surface area contributed by atoms with Crippen molar-refractivity contribution >= 4 is 21.9 Å². The first-order chi connectivity index (χ1) is 26.2. The average molecular weight is 713 g/mol. The van der Waals surface area contributed by atoms with E-state index < -0.39 is 0 Å². The summed E-state index contributed by atoms with van der Waals surface area (Å²) in [4.78, 5) is 0. The summed E-state index contributed by atoms with van der Waals surface area (Å²) >= 11 is 0. The zero-order chi connectivity index (χ0) is 37.5. The fraction of sp³-hybridized carbons (Fsp3) is 0.481. The second-order valence-corrected chi connectivity index (χ2v) is 18.9. The van der Waals surface area contributed by atoms with Gasteiger partial charge in [-0.15, -0.1) is 0 Å². The Morgan fingerprint density at radius 1 is 0.722 bits per heavy atom. The molecular weight excluding hydrogens is 649 g/mol. The second-order valence-electron chi connectivity index (χ2n) is 18.9. The van der Waals surface area contributed by atoms with Crippen molar-refractivity contribution in [1.29, 1.82) is 0 Å². The topological polar surface area (TPSA) is 0 Å². The van der Waals surface area contributed by atoms with Crippen LogP contribution in [-0.4, -0.2) is 0 Å². The summed E-state index contributed by atoms with van der Waals surface area (Å²) in [6.45, 7) is 19.6. The minimum atomic E-state index is -0.188. The number of benzene rings is 4. The Morgan fingerprint density at radius 3 is 2.17 bits per heavy atom. The Labute approximate surface area is 327 Å². The lowest BCUT2D eigenvalue weighted by Crippen LogP contribution is -2.43. The molecule has 1 spiro atoms. The quantitative estimate of drug-likeness (QED) is 0.162. The summed E-state index contributed by atoms with van der Waals surface area (Å²) in [6.07, 6.45) is 19.6. The van der Waals surface area contributed by atoms with Crippen molar-refractivity contribution in [2.75, 3.05) is 0 Å². The van der Waals surface area contributed by atoms with Gasteiger partial charge in [0.1, 0.15) is 0 Å². The number of allylic oxidation sites excluding steroid dienone is 6. The fourth-order valence-corrected chi connectivity index (χ4v) is 13.0. The van der Waals surface area contributed by atoms with Crippen LogP contribution in [-0.2, 0) is 23.7 Å². The van der Waals surface area contributed by atoms with Crippen LogP contribution in [0.4, 0.5) is 0 Å². The third-order valence-corrected chi connectivity index (χ3v) is 15.2. The van der Waals surface area contributed by atoms with Gasteiger partial charge in [0.2, 0.25) is 0 Å². The zero-order valence-corrected chi connectivity index (χ0v) is 34.7. The first-order valence-corrected chi connectivity index (χ1v) is 22.2. The van der Waals surface area contributed by atoms with Crippen LogP contribution in [0.25, 0.3) is 33.0 Å². The molecule has 2 atom stereocenters. The molecule has 5 aliphatic carbocycles. The highest BCUT2D eigenvalue weighted by Crippen LogP contribution is 2.67. The molecule has 0 aromatic heterocycles. The average Bonchev–Trinajstić information content (AvgIpc) is 3.77. The molecule has 0 radical (unpaired) electrons. The van der Waals surface area contributed by atoms with Crippen molar-refractivity contribution in [2.45, 2.75) is 137 Å². The van der Waals surface area contributed by atoms with Crippen LogP contribution in [0.2, 0.25) is 0 Å². The number of fused-ring (bicyclic) bond motifs is 12. The number of hydrogen-bond acceptors (Lipinski definition) is 0. The van der Waals surface area contributed by atoms with Crippen LogP contribution in [0, 0.1) is 29.6 Å². The van der Waals surface area contributed by atoms with Crippen LogP contribution < -0.4 is 0 Å². The van der Waals surface area contributed by atoms with Crippen LogP contribution in [0.3, 0.4) is 0 Å². The van der Waals surface area contributed by atoms with Gasteiger partial charge in [-0.25, -0.2) is 0 Å². The predicted octanol–water partition coefficient (Wildman–Crippen LogP) is 15.0. The van der Waals surface area contributed by atoms with Crippen LogP contribution in [0.1, 0.15) is 152 Å². The first kappa shape index (κ1) is 36.0. The lowest BCUT2D eigenvalue weighted by atomic mass is 9.53. The lowest BCUT2D eigenvalue weighted by molar-refractivity contribution is 0.210. The number of rotatable bonds is 9. The van der Waals surface area contributed by atoms with Gasteiger partial charge in [0.05, 0.1) is 0 Å². The predicted molar refractivity (Wildman–Crippen MR) is 233 cm³/mol. The first-order valence-electron chi connectivity index (χ1n) is 22.2. The van der Waals surface area contributed by atoms with Crippen molar-refractivity contribution in [1.82, 2.24) is 0 Å². The molecule has 0 amide bonds. The minimum absolute atomic E-state index is 0.0769. The molecule has 4 aromatic rings. The van der Waals surface area contributed by atoms with Crippen LogP contribution >= 0.6 is 0 Å². The van der Waals surface area contributed by atoms with Gasteiger partial charge >= 0.3 is 0 Å². The zero-order valence-electron chi connectivity index (χ0n) is 34.7. The van der Waals surface area contributed by atoms with E-state index in [4.69, 9.17) is 0 Å². The molecule has 0 heterocycles. The summed E-state index contributed by atoms with van der Waals surface area (Å²) in [7, 11) is 0. The molecule has 4 aromatic carbocycles. The minimum Gasteiger partial charge on any atom is -0.0654 e. The van der Waals surface area contributed by atoms with Gasteiger partial charge in [-0.05, 0) is 153 Å². The molecule has 0 saturated heterocycles. The maximum absolute atomic E-state index is 2.92. The molecule has 2 unspecified atom stereocenters. The van der Waals surface area contributed by atoms with Gasteiger partial charge in [-0.3, -0.25) is 0 Å². The van der Waals surface area contributed by atoms with Crippen molar-refractivity contribution in [3.63, 3.8) is 0 Å². The molecule has 1 saturated carbocycles. The normalized spacial score (nSPS) is 22.6. The van der Waals surface area contributed by atoms with Crippen molar-refractivity contribution in [3.05, 3.63) is 129 Å². The molecular formula is C54H64. The van der Waals surface area contributed by atoms with Gasteiger partial charge in [-0.1, -0.05) is 159 Å². The van der Waals surface area contributed by atoms with Crippen LogP contribution in [0.15, 0.2) is 90.0 Å². The highest BCUT2D eigenvalue weighted by atomic mass is 14.6. The highest BCUT2D eigenvalue weighted by Gasteiger charge is 2.56. The molecule has 280 valence electrons. The molecule has 0 heteroatoms. The molecule has 0 N–H and O–H groups in total. The van der Waals surface area contributed by atoms with Crippen LogP contribution in [0.5, 0.6) is 0 Å². The van der Waals surface area contributed by atoms with Gasteiger partial charge in [0.15, 0.2) is 0 Å². The molecule has 54 heavy (non-hydrogen) atoms. The Morgan fingerprint density at radius 2 is 1.44 bits per heavy atom. The summed E-state index contributed by atoms with van der Waals surface area (Å²) < 4.78 is 0. The smallest absolute Gasteiger partial charge is 0.0474 e. The Hall–Kier alpha value is -3.64. The lowest BCUT2D eigenvalue weighted by Gasteiger charge is -2.49. The highest BCUT2D eigenvalue weighted by molar-refractivity contribution is 6.10. The molecule has 0 nitrogen and oxygen atoms in total. The maximum Gasteiger partial charge on any atom is 0.0474 e. The van der Waals surface area contributed by atoms with E-state index in [1.807, 2.05) is 0 Å². The van der Waals surface area contributed by atoms with Crippen molar-refractivity contribution in [3.8, 4) is 11.1 Å². The summed E-state index contributed by atoms with van der Waals surface area (Å²) in [5, 5.41) is 2.93. The Balaban J connectivity index is 1.40. The standard InChI is InChI=1S/C54H64/c1-9-35(10-2)40-31-45(36(11-3)12-4)49(37-18-14-13-15-19-37)54(32-40)47-27-26-43-46-30-38-20-16-17-21-41(38)50(46)53(7,8)52(43)48(47)44-25-23-39-29-34(28-33(5)6)22-24-42(39)51(44)54/h16-17,20-27,29,31-33,35-37,49H,9-15,18-19,28,30H2,1-8H3. The molecule has 0 bridgehead atoms. The van der Waals surface area contributed by atoms with E-state index in [2.05, 4.69) is 134 Å². The van der Waals surface area contributed by atoms with Gasteiger partial charge in [0, 0.05) is 16.7 Å². The SMILES string of the molecule is CCC(CC)C1=CC2(c3ccc4c(c3-c3ccc5cc(CC(C)C)ccc5c32)C(C)(C)C2=C4Cc3ccccc32)C(C2CCCCC2)C(C(CC)CC)=C1. The van der Waals surface area contributed by atoms with E-state index in [1.54, 1.807) is 44.5 Å². The Bertz CT molecular complexity index is 2220. The van der Waals surface area contributed by atoms with Crippen molar-refractivity contribution in [2.24, 2.45) is 29.6 Å². The fourth-order valence-electron chi connectivity index (χ4n) is 13.0. The third-order valence-electron chi connectivity index (χ3n) is 15.2. The monoisotopic (exact) mass is 713 g/mol. The van der Waals surface area contributed by atoms with Gasteiger partial charge < -0.3 is 0 Å². The van der Waals surface area contributed by atoms with Gasteiger partial charge in [0.25, 0.3) is 0 Å². The maximum atomic E-state index is 2.92. The second kappa shape index (κ2) is 13.5. The summed E-state index contributed by atoms with van der Waals surface area (Å²) in [5.74, 6) is 3.00. The molecule has 5 aliphatic rings. The van der Waals surface area contributed by atoms with Gasteiger partial charge in [-0.2, -0.15) is 0 Å². The van der Waals surface area contributed by atoms with E-state index in [9.17, 15) is 0 Å². The van der Waals surface area contributed by atoms with E-state index >= 15 is 0 Å². The van der Waals surface area contributed by atoms with E-state index in [0.717, 1.165) is 12.8 Å². The molecule has 1 fully saturated rings. The number of hydrogen-bond donors (Lipinski definition) is 0. The third kappa shape index (κ3) is 5.13.